The Kier molecular flexibility index (Phi) is 4.88. The highest BCUT2D eigenvalue weighted by Crippen LogP contribution is 2.29. The fourth-order valence-electron chi connectivity index (χ4n) is 2.01. The molecule has 0 bridgehead atoms. The Balaban J connectivity index is 2.06. The fourth-order valence-corrected chi connectivity index (χ4v) is 2.01. The van der Waals surface area contributed by atoms with E-state index in [0.717, 1.165) is 5.92 Å². The van der Waals surface area contributed by atoms with Gasteiger partial charge in [-0.3, -0.25) is 0 Å². The van der Waals surface area contributed by atoms with Crippen LogP contribution in [0.3, 0.4) is 0 Å². The van der Waals surface area contributed by atoms with E-state index in [9.17, 15) is 0 Å². The summed E-state index contributed by atoms with van der Waals surface area (Å²) >= 11 is 0. The molecule has 0 aliphatic heterocycles. The zero-order valence-electron chi connectivity index (χ0n) is 8.89. The van der Waals surface area contributed by atoms with Gasteiger partial charge < -0.3 is 0 Å². The fraction of sp³-hybridized carbons (Fsp3) is 0.692. The molecule has 74 valence electrons. The standard InChI is InChI=1S/C13H22/c1-3-4-5-6-7-8-13-10-9-12(2)11-13/h3,8,12H,1,4-7,9-11H2,2H3. The van der Waals surface area contributed by atoms with Crippen molar-refractivity contribution in [3.8, 4) is 0 Å². The molecule has 0 amide bonds. The maximum absolute atomic E-state index is 3.73. The average Bonchev–Trinajstić information content (AvgIpc) is 2.51. The largest absolute Gasteiger partial charge is 0.103 e. The Morgan fingerprint density at radius 3 is 2.77 bits per heavy atom. The highest BCUT2D eigenvalue weighted by Gasteiger charge is 2.13. The third-order valence-corrected chi connectivity index (χ3v) is 2.86. The van der Waals surface area contributed by atoms with E-state index in [-0.39, 0.29) is 0 Å². The summed E-state index contributed by atoms with van der Waals surface area (Å²) in [4.78, 5) is 0. The van der Waals surface area contributed by atoms with E-state index in [0.29, 0.717) is 0 Å². The van der Waals surface area contributed by atoms with Crippen LogP contribution in [0.5, 0.6) is 0 Å². The number of hydrogen-bond acceptors (Lipinski definition) is 0. The Hall–Kier alpha value is -0.520. The van der Waals surface area contributed by atoms with Gasteiger partial charge in [-0.15, -0.1) is 6.58 Å². The molecule has 0 heterocycles. The van der Waals surface area contributed by atoms with Crippen molar-refractivity contribution < 1.29 is 0 Å². The van der Waals surface area contributed by atoms with Crippen LogP contribution >= 0.6 is 0 Å². The lowest BCUT2D eigenvalue weighted by atomic mass is 10.1. The van der Waals surface area contributed by atoms with Gasteiger partial charge in [0.25, 0.3) is 0 Å². The minimum Gasteiger partial charge on any atom is -0.103 e. The molecule has 1 aliphatic carbocycles. The Morgan fingerprint density at radius 1 is 1.38 bits per heavy atom. The van der Waals surface area contributed by atoms with Gasteiger partial charge in [-0.25, -0.2) is 0 Å². The van der Waals surface area contributed by atoms with Crippen molar-refractivity contribution in [1.82, 2.24) is 0 Å². The summed E-state index contributed by atoms with van der Waals surface area (Å²) in [5.74, 6) is 0.944. The van der Waals surface area contributed by atoms with E-state index < -0.39 is 0 Å². The van der Waals surface area contributed by atoms with Crippen LogP contribution in [0.1, 0.15) is 51.9 Å². The van der Waals surface area contributed by atoms with Gasteiger partial charge in [-0.05, 0) is 50.9 Å². The van der Waals surface area contributed by atoms with E-state index in [1.807, 2.05) is 6.08 Å². The lowest BCUT2D eigenvalue weighted by Gasteiger charge is -1.97. The predicted molar refractivity (Wildman–Crippen MR) is 59.8 cm³/mol. The molecule has 13 heavy (non-hydrogen) atoms. The van der Waals surface area contributed by atoms with E-state index in [1.165, 1.54) is 44.9 Å². The molecule has 1 atom stereocenters. The second kappa shape index (κ2) is 6.01. The van der Waals surface area contributed by atoms with Crippen LogP contribution in [-0.2, 0) is 0 Å². The van der Waals surface area contributed by atoms with E-state index in [4.69, 9.17) is 0 Å². The third kappa shape index (κ3) is 4.31. The van der Waals surface area contributed by atoms with Crippen molar-refractivity contribution >= 4 is 0 Å². The van der Waals surface area contributed by atoms with Gasteiger partial charge in [0, 0.05) is 0 Å². The van der Waals surface area contributed by atoms with Gasteiger partial charge in [0.2, 0.25) is 0 Å². The number of hydrogen-bond donors (Lipinski definition) is 0. The highest BCUT2D eigenvalue weighted by atomic mass is 14.2. The van der Waals surface area contributed by atoms with Crippen molar-refractivity contribution in [1.29, 1.82) is 0 Å². The summed E-state index contributed by atoms with van der Waals surface area (Å²) in [6.45, 7) is 6.09. The molecule has 1 rings (SSSR count). The summed E-state index contributed by atoms with van der Waals surface area (Å²) in [6.07, 6.45) is 13.8. The van der Waals surface area contributed by atoms with Crippen LogP contribution < -0.4 is 0 Å². The van der Waals surface area contributed by atoms with Gasteiger partial charge in [0.1, 0.15) is 0 Å². The lowest BCUT2D eigenvalue weighted by Crippen LogP contribution is -1.81. The van der Waals surface area contributed by atoms with Crippen LogP contribution in [0.25, 0.3) is 0 Å². The molecular weight excluding hydrogens is 156 g/mol. The quantitative estimate of drug-likeness (QED) is 0.430. The topological polar surface area (TPSA) is 0 Å². The van der Waals surface area contributed by atoms with Gasteiger partial charge in [-0.2, -0.15) is 0 Å². The molecule has 1 saturated carbocycles. The van der Waals surface area contributed by atoms with Crippen LogP contribution in [0.4, 0.5) is 0 Å². The Morgan fingerprint density at radius 2 is 2.15 bits per heavy atom. The van der Waals surface area contributed by atoms with Crippen LogP contribution in [-0.4, -0.2) is 0 Å². The summed E-state index contributed by atoms with van der Waals surface area (Å²) in [5.41, 5.74) is 1.71. The average molecular weight is 178 g/mol. The molecule has 0 radical (unpaired) electrons. The summed E-state index contributed by atoms with van der Waals surface area (Å²) in [7, 11) is 0. The van der Waals surface area contributed by atoms with Crippen molar-refractivity contribution in [2.45, 2.75) is 51.9 Å². The SMILES string of the molecule is C=CCCCCC=C1CCC(C)C1. The molecule has 0 heteroatoms. The van der Waals surface area contributed by atoms with Crippen molar-refractivity contribution in [2.24, 2.45) is 5.92 Å². The minimum atomic E-state index is 0.944. The summed E-state index contributed by atoms with van der Waals surface area (Å²) in [5, 5.41) is 0. The molecule has 1 unspecified atom stereocenters. The van der Waals surface area contributed by atoms with E-state index >= 15 is 0 Å². The minimum absolute atomic E-state index is 0.944. The van der Waals surface area contributed by atoms with E-state index in [1.54, 1.807) is 5.57 Å². The monoisotopic (exact) mass is 178 g/mol. The zero-order valence-corrected chi connectivity index (χ0v) is 8.89. The van der Waals surface area contributed by atoms with Gasteiger partial charge in [-0.1, -0.05) is 24.6 Å². The first kappa shape index (κ1) is 10.6. The first-order valence-corrected chi connectivity index (χ1v) is 5.61. The second-order valence-electron chi connectivity index (χ2n) is 4.28. The first-order valence-electron chi connectivity index (χ1n) is 5.61. The maximum atomic E-state index is 3.73. The smallest absolute Gasteiger partial charge is 0.0294 e. The number of unbranched alkanes of at least 4 members (excludes halogenated alkanes) is 3. The normalized spacial score (nSPS) is 25.3. The number of rotatable bonds is 5. The van der Waals surface area contributed by atoms with Gasteiger partial charge >= 0.3 is 0 Å². The predicted octanol–water partition coefficient (Wildman–Crippen LogP) is 4.48. The third-order valence-electron chi connectivity index (χ3n) is 2.86. The van der Waals surface area contributed by atoms with Gasteiger partial charge in [0.05, 0.1) is 0 Å². The summed E-state index contributed by atoms with van der Waals surface area (Å²) < 4.78 is 0. The molecule has 0 N–H and O–H groups in total. The summed E-state index contributed by atoms with van der Waals surface area (Å²) in [6, 6.07) is 0. The Bertz CT molecular complexity index is 176. The van der Waals surface area contributed by atoms with E-state index in [2.05, 4.69) is 19.6 Å². The Labute approximate surface area is 82.7 Å². The zero-order chi connectivity index (χ0) is 9.52. The maximum Gasteiger partial charge on any atom is -0.0294 e. The molecule has 0 aromatic rings. The first-order chi connectivity index (χ1) is 6.33. The molecule has 0 saturated heterocycles. The van der Waals surface area contributed by atoms with Crippen LogP contribution in [0, 0.1) is 5.92 Å². The second-order valence-corrected chi connectivity index (χ2v) is 4.28. The van der Waals surface area contributed by atoms with Crippen LogP contribution in [0.15, 0.2) is 24.3 Å². The lowest BCUT2D eigenvalue weighted by molar-refractivity contribution is 0.620. The molecule has 0 aromatic carbocycles. The van der Waals surface area contributed by atoms with Crippen molar-refractivity contribution in [3.63, 3.8) is 0 Å². The molecule has 0 aromatic heterocycles. The molecule has 0 spiro atoms. The molecule has 1 fully saturated rings. The van der Waals surface area contributed by atoms with Crippen molar-refractivity contribution in [3.05, 3.63) is 24.3 Å². The van der Waals surface area contributed by atoms with Crippen molar-refractivity contribution in [2.75, 3.05) is 0 Å². The highest BCUT2D eigenvalue weighted by molar-refractivity contribution is 5.07. The molecular formula is C13H22. The molecule has 0 nitrogen and oxygen atoms in total. The number of allylic oxidation sites excluding steroid dienone is 3. The molecule has 1 aliphatic rings. The van der Waals surface area contributed by atoms with Crippen LogP contribution in [0.2, 0.25) is 0 Å². The van der Waals surface area contributed by atoms with Gasteiger partial charge in [0.15, 0.2) is 0 Å².